The van der Waals surface area contributed by atoms with Crippen LogP contribution in [-0.2, 0) is 11.3 Å². The van der Waals surface area contributed by atoms with Crippen molar-refractivity contribution in [1.82, 2.24) is 13.7 Å². The zero-order valence-electron chi connectivity index (χ0n) is 10.8. The van der Waals surface area contributed by atoms with Gasteiger partial charge < -0.3 is 4.74 Å². The van der Waals surface area contributed by atoms with E-state index in [0.29, 0.717) is 6.61 Å². The molecular formula is C12H15N3O4. The van der Waals surface area contributed by atoms with Gasteiger partial charge in [-0.25, -0.2) is 28.1 Å². The second kappa shape index (κ2) is 5.23. The van der Waals surface area contributed by atoms with Gasteiger partial charge in [0.25, 0.3) is 0 Å². The third-order valence-corrected chi connectivity index (χ3v) is 2.67. The molecule has 102 valence electrons. The van der Waals surface area contributed by atoms with E-state index < -0.39 is 17.1 Å². The van der Waals surface area contributed by atoms with Crippen LogP contribution >= 0.6 is 0 Å². The van der Waals surface area contributed by atoms with Crippen LogP contribution in [0.25, 0.3) is 12.4 Å². The Morgan fingerprint density at radius 2 is 1.53 bits per heavy atom. The molecule has 1 saturated heterocycles. The molecule has 1 unspecified atom stereocenters. The number of allylic oxidation sites excluding steroid dienone is 2. The number of rotatable bonds is 4. The smallest absolute Gasteiger partial charge is 0.344 e. The lowest BCUT2D eigenvalue weighted by atomic mass is 10.5. The highest BCUT2D eigenvalue weighted by molar-refractivity contribution is 5.24. The van der Waals surface area contributed by atoms with Gasteiger partial charge in [0.15, 0.2) is 0 Å². The van der Waals surface area contributed by atoms with Gasteiger partial charge in [0.05, 0.1) is 19.3 Å². The van der Waals surface area contributed by atoms with Crippen LogP contribution in [-0.4, -0.2) is 26.4 Å². The van der Waals surface area contributed by atoms with Crippen LogP contribution in [0.3, 0.4) is 0 Å². The summed E-state index contributed by atoms with van der Waals surface area (Å²) in [6, 6.07) is 0. The van der Waals surface area contributed by atoms with E-state index in [1.807, 2.05) is 0 Å². The number of ether oxygens (including phenoxy) is 1. The third kappa shape index (κ3) is 2.50. The van der Waals surface area contributed by atoms with Crippen LogP contribution in [0.4, 0.5) is 0 Å². The summed E-state index contributed by atoms with van der Waals surface area (Å²) in [6.07, 6.45) is 5.68. The van der Waals surface area contributed by atoms with E-state index in [-0.39, 0.29) is 12.6 Å². The Labute approximate surface area is 108 Å². The number of hydrogen-bond acceptors (Lipinski definition) is 4. The topological polar surface area (TPSA) is 78.5 Å². The summed E-state index contributed by atoms with van der Waals surface area (Å²) < 4.78 is 7.85. The Morgan fingerprint density at radius 1 is 1.05 bits per heavy atom. The van der Waals surface area contributed by atoms with Crippen molar-refractivity contribution in [2.45, 2.75) is 26.5 Å². The summed E-state index contributed by atoms with van der Waals surface area (Å²) in [5.74, 6) is 0. The SMILES string of the molecule is C/C=C\n1c(=O)n(/C=C\C)c(=O)n(CC2CO2)c1=O. The van der Waals surface area contributed by atoms with Gasteiger partial charge in [-0.15, -0.1) is 0 Å². The molecule has 1 aliphatic heterocycles. The first-order valence-electron chi connectivity index (χ1n) is 5.95. The fourth-order valence-electron chi connectivity index (χ4n) is 1.71. The molecule has 2 heterocycles. The van der Waals surface area contributed by atoms with Gasteiger partial charge in [-0.2, -0.15) is 0 Å². The molecule has 1 aromatic heterocycles. The Morgan fingerprint density at radius 3 is 1.89 bits per heavy atom. The predicted molar refractivity (Wildman–Crippen MR) is 71.0 cm³/mol. The standard InChI is InChI=1S/C12H15N3O4/c1-3-5-13-10(16)14(6-4-2)12(18)15(11(13)17)7-9-8-19-9/h3-6,9H,7-8H2,1-2H3/b5-3-,6-4-. The van der Waals surface area contributed by atoms with E-state index >= 15 is 0 Å². The summed E-state index contributed by atoms with van der Waals surface area (Å²) in [5.41, 5.74) is -1.98. The second-order valence-electron chi connectivity index (χ2n) is 4.12. The Kier molecular flexibility index (Phi) is 3.66. The molecule has 7 heteroatoms. The Bertz CT molecular complexity index is 651. The van der Waals surface area contributed by atoms with E-state index in [2.05, 4.69) is 0 Å². The average Bonchev–Trinajstić information content (AvgIpc) is 3.20. The lowest BCUT2D eigenvalue weighted by Gasteiger charge is -2.08. The van der Waals surface area contributed by atoms with Gasteiger partial charge in [0.2, 0.25) is 0 Å². The zero-order chi connectivity index (χ0) is 14.0. The van der Waals surface area contributed by atoms with Crippen LogP contribution in [0.5, 0.6) is 0 Å². The van der Waals surface area contributed by atoms with E-state index in [9.17, 15) is 14.4 Å². The molecule has 0 aromatic carbocycles. The molecule has 0 aliphatic carbocycles. The lowest BCUT2D eigenvalue weighted by Crippen LogP contribution is -2.52. The number of hydrogen-bond donors (Lipinski definition) is 0. The molecule has 1 aromatic rings. The highest BCUT2D eigenvalue weighted by atomic mass is 16.6. The molecule has 0 spiro atoms. The molecule has 1 aliphatic rings. The molecule has 7 nitrogen and oxygen atoms in total. The molecule has 0 radical (unpaired) electrons. The second-order valence-corrected chi connectivity index (χ2v) is 4.12. The molecule has 2 rings (SSSR count). The van der Waals surface area contributed by atoms with E-state index in [1.165, 1.54) is 12.4 Å². The molecule has 19 heavy (non-hydrogen) atoms. The highest BCUT2D eigenvalue weighted by Crippen LogP contribution is 2.08. The molecule has 0 saturated carbocycles. The minimum absolute atomic E-state index is 0.124. The first kappa shape index (κ1) is 13.3. The lowest BCUT2D eigenvalue weighted by molar-refractivity contribution is 0.370. The quantitative estimate of drug-likeness (QED) is 0.691. The zero-order valence-corrected chi connectivity index (χ0v) is 10.8. The van der Waals surface area contributed by atoms with E-state index in [4.69, 9.17) is 4.74 Å². The predicted octanol–water partition coefficient (Wildman–Crippen LogP) is -0.448. The molecule has 0 bridgehead atoms. The van der Waals surface area contributed by atoms with Crippen molar-refractivity contribution in [3.8, 4) is 0 Å². The summed E-state index contributed by atoms with van der Waals surface area (Å²) in [7, 11) is 0. The van der Waals surface area contributed by atoms with Gasteiger partial charge in [0, 0.05) is 12.4 Å². The van der Waals surface area contributed by atoms with Gasteiger partial charge in [-0.05, 0) is 13.8 Å². The van der Waals surface area contributed by atoms with Crippen molar-refractivity contribution in [3.63, 3.8) is 0 Å². The first-order valence-corrected chi connectivity index (χ1v) is 5.95. The third-order valence-electron chi connectivity index (χ3n) is 2.67. The number of aromatic nitrogens is 3. The maximum absolute atomic E-state index is 12.1. The molecule has 1 atom stereocenters. The van der Waals surface area contributed by atoms with Crippen molar-refractivity contribution in [2.75, 3.05) is 6.61 Å². The minimum atomic E-state index is -0.681. The molecule has 1 fully saturated rings. The van der Waals surface area contributed by atoms with Crippen molar-refractivity contribution < 1.29 is 4.74 Å². The first-order chi connectivity index (χ1) is 9.10. The van der Waals surface area contributed by atoms with Crippen LogP contribution < -0.4 is 17.1 Å². The average molecular weight is 265 g/mol. The fourth-order valence-corrected chi connectivity index (χ4v) is 1.71. The van der Waals surface area contributed by atoms with Crippen LogP contribution in [0.15, 0.2) is 26.5 Å². The number of epoxide rings is 1. The van der Waals surface area contributed by atoms with Crippen LogP contribution in [0.2, 0.25) is 0 Å². The molecule has 0 N–H and O–H groups in total. The van der Waals surface area contributed by atoms with Gasteiger partial charge >= 0.3 is 17.1 Å². The van der Waals surface area contributed by atoms with E-state index in [1.54, 1.807) is 26.0 Å². The number of nitrogens with zero attached hydrogens (tertiary/aromatic N) is 3. The maximum atomic E-state index is 12.1. The van der Waals surface area contributed by atoms with E-state index in [0.717, 1.165) is 13.7 Å². The molecule has 0 amide bonds. The monoisotopic (exact) mass is 265 g/mol. The largest absolute Gasteiger partial charge is 0.371 e. The Balaban J connectivity index is 2.75. The van der Waals surface area contributed by atoms with Crippen LogP contribution in [0, 0.1) is 0 Å². The Hall–Kier alpha value is -2.15. The summed E-state index contributed by atoms with van der Waals surface area (Å²) in [6.45, 7) is 4.06. The van der Waals surface area contributed by atoms with Gasteiger partial charge in [0.1, 0.15) is 0 Å². The highest BCUT2D eigenvalue weighted by Gasteiger charge is 2.25. The fraction of sp³-hybridized carbons (Fsp3) is 0.417. The molecular weight excluding hydrogens is 250 g/mol. The normalized spacial score (nSPS) is 18.5. The minimum Gasteiger partial charge on any atom is -0.371 e. The van der Waals surface area contributed by atoms with Gasteiger partial charge in [-0.1, -0.05) is 12.2 Å². The van der Waals surface area contributed by atoms with Gasteiger partial charge in [-0.3, -0.25) is 0 Å². The van der Waals surface area contributed by atoms with Crippen molar-refractivity contribution in [2.24, 2.45) is 0 Å². The van der Waals surface area contributed by atoms with Crippen molar-refractivity contribution in [1.29, 1.82) is 0 Å². The summed E-state index contributed by atoms with van der Waals surface area (Å²) in [4.78, 5) is 36.2. The van der Waals surface area contributed by atoms with Crippen molar-refractivity contribution >= 4 is 12.4 Å². The van der Waals surface area contributed by atoms with Crippen LogP contribution in [0.1, 0.15) is 13.8 Å². The van der Waals surface area contributed by atoms with Crippen molar-refractivity contribution in [3.05, 3.63) is 43.6 Å². The maximum Gasteiger partial charge on any atom is 0.344 e. The summed E-state index contributed by atoms with van der Waals surface area (Å²) in [5, 5.41) is 0. The summed E-state index contributed by atoms with van der Waals surface area (Å²) >= 11 is 0.